The van der Waals surface area contributed by atoms with Gasteiger partial charge in [-0.3, -0.25) is 0 Å². The molecule has 0 spiro atoms. The van der Waals surface area contributed by atoms with E-state index in [4.69, 9.17) is 4.74 Å². The highest BCUT2D eigenvalue weighted by Crippen LogP contribution is 2.37. The van der Waals surface area contributed by atoms with Crippen molar-refractivity contribution in [2.45, 2.75) is 37.4 Å². The third-order valence-corrected chi connectivity index (χ3v) is 3.60. The lowest BCUT2D eigenvalue weighted by molar-refractivity contribution is -0.136. The summed E-state index contributed by atoms with van der Waals surface area (Å²) in [6.07, 6.45) is -4.00. The lowest BCUT2D eigenvalue weighted by Crippen LogP contribution is -2.36. The molecular formula is C14H18F3NO. The molecule has 0 amide bonds. The van der Waals surface area contributed by atoms with Crippen LogP contribution in [0.5, 0.6) is 5.75 Å². The van der Waals surface area contributed by atoms with Crippen LogP contribution in [0.15, 0.2) is 24.3 Å². The zero-order chi connectivity index (χ0) is 13.9. The van der Waals surface area contributed by atoms with Gasteiger partial charge in [-0.1, -0.05) is 18.2 Å². The van der Waals surface area contributed by atoms with Gasteiger partial charge in [-0.25, -0.2) is 0 Å². The van der Waals surface area contributed by atoms with E-state index in [0.29, 0.717) is 6.61 Å². The molecule has 106 valence electrons. The molecule has 0 fully saturated rings. The van der Waals surface area contributed by atoms with Gasteiger partial charge in [0.2, 0.25) is 0 Å². The summed E-state index contributed by atoms with van der Waals surface area (Å²) in [5, 5.41) is 3.03. The number of likely N-dealkylation sites (N-methyl/N-ethyl adjacent to an activating group) is 1. The molecule has 2 rings (SSSR count). The molecule has 0 aliphatic carbocycles. The monoisotopic (exact) mass is 273 g/mol. The average Bonchev–Trinajstić information content (AvgIpc) is 2.38. The SMILES string of the molecule is CNC(CCC(F)(F)F)C1CCOc2ccccc21. The molecule has 2 atom stereocenters. The smallest absolute Gasteiger partial charge is 0.389 e. The van der Waals surface area contributed by atoms with Gasteiger partial charge in [0.25, 0.3) is 0 Å². The van der Waals surface area contributed by atoms with Gasteiger partial charge in [-0.2, -0.15) is 13.2 Å². The van der Waals surface area contributed by atoms with Crippen molar-refractivity contribution in [2.75, 3.05) is 13.7 Å². The molecule has 2 nitrogen and oxygen atoms in total. The predicted molar refractivity (Wildman–Crippen MR) is 67.4 cm³/mol. The number of nitrogens with one attached hydrogen (secondary N) is 1. The first-order valence-corrected chi connectivity index (χ1v) is 6.47. The third-order valence-electron chi connectivity index (χ3n) is 3.60. The Morgan fingerprint density at radius 3 is 2.79 bits per heavy atom. The quantitative estimate of drug-likeness (QED) is 0.906. The van der Waals surface area contributed by atoms with Crippen LogP contribution in [0.3, 0.4) is 0 Å². The van der Waals surface area contributed by atoms with Crippen molar-refractivity contribution < 1.29 is 17.9 Å². The summed E-state index contributed by atoms with van der Waals surface area (Å²) in [5.41, 5.74) is 1.01. The van der Waals surface area contributed by atoms with Crippen LogP contribution in [0.1, 0.15) is 30.7 Å². The average molecular weight is 273 g/mol. The molecule has 1 N–H and O–H groups in total. The second-order valence-corrected chi connectivity index (χ2v) is 4.83. The summed E-state index contributed by atoms with van der Waals surface area (Å²) in [7, 11) is 1.72. The van der Waals surface area contributed by atoms with E-state index in [1.165, 1.54) is 0 Å². The molecule has 1 aliphatic heterocycles. The van der Waals surface area contributed by atoms with Crippen LogP contribution in [-0.4, -0.2) is 25.9 Å². The molecule has 0 radical (unpaired) electrons. The van der Waals surface area contributed by atoms with E-state index in [0.717, 1.165) is 17.7 Å². The fourth-order valence-electron chi connectivity index (χ4n) is 2.65. The summed E-state index contributed by atoms with van der Waals surface area (Å²) in [6.45, 7) is 0.561. The molecule has 0 saturated heterocycles. The van der Waals surface area contributed by atoms with Crippen LogP contribution in [0, 0.1) is 0 Å². The zero-order valence-corrected chi connectivity index (χ0v) is 10.8. The van der Waals surface area contributed by atoms with Gasteiger partial charge < -0.3 is 10.1 Å². The Morgan fingerprint density at radius 2 is 2.11 bits per heavy atom. The van der Waals surface area contributed by atoms with Gasteiger partial charge in [-0.05, 0) is 31.5 Å². The minimum absolute atomic E-state index is 0.0808. The first-order chi connectivity index (χ1) is 9.01. The van der Waals surface area contributed by atoms with E-state index in [1.807, 2.05) is 24.3 Å². The van der Waals surface area contributed by atoms with Crippen molar-refractivity contribution in [3.63, 3.8) is 0 Å². The van der Waals surface area contributed by atoms with Crippen LogP contribution in [0.25, 0.3) is 0 Å². The Bertz CT molecular complexity index is 419. The van der Waals surface area contributed by atoms with E-state index in [2.05, 4.69) is 5.32 Å². The summed E-state index contributed by atoms with van der Waals surface area (Å²) < 4.78 is 42.6. The van der Waals surface area contributed by atoms with Gasteiger partial charge in [0.05, 0.1) is 6.61 Å². The van der Waals surface area contributed by atoms with Crippen LogP contribution in [0.4, 0.5) is 13.2 Å². The van der Waals surface area contributed by atoms with Crippen molar-refractivity contribution in [3.8, 4) is 5.75 Å². The van der Waals surface area contributed by atoms with Crippen molar-refractivity contribution in [2.24, 2.45) is 0 Å². The summed E-state index contributed by atoms with van der Waals surface area (Å²) >= 11 is 0. The van der Waals surface area contributed by atoms with Crippen LogP contribution >= 0.6 is 0 Å². The lowest BCUT2D eigenvalue weighted by atomic mass is 9.84. The molecule has 5 heteroatoms. The molecule has 19 heavy (non-hydrogen) atoms. The summed E-state index contributed by atoms with van der Waals surface area (Å²) in [4.78, 5) is 0. The van der Waals surface area contributed by atoms with Gasteiger partial charge in [0.15, 0.2) is 0 Å². The maximum atomic E-state index is 12.4. The Balaban J connectivity index is 2.11. The van der Waals surface area contributed by atoms with Crippen LogP contribution in [0.2, 0.25) is 0 Å². The number of para-hydroxylation sites is 1. The Morgan fingerprint density at radius 1 is 1.37 bits per heavy atom. The zero-order valence-electron chi connectivity index (χ0n) is 10.8. The summed E-state index contributed by atoms with van der Waals surface area (Å²) in [6, 6.07) is 7.42. The third kappa shape index (κ3) is 3.62. The number of benzene rings is 1. The maximum absolute atomic E-state index is 12.4. The number of hydrogen-bond acceptors (Lipinski definition) is 2. The minimum Gasteiger partial charge on any atom is -0.493 e. The molecule has 1 heterocycles. The highest BCUT2D eigenvalue weighted by atomic mass is 19.4. The van der Waals surface area contributed by atoms with Gasteiger partial charge >= 0.3 is 6.18 Å². The highest BCUT2D eigenvalue weighted by molar-refractivity contribution is 5.38. The molecule has 1 aromatic carbocycles. The topological polar surface area (TPSA) is 21.3 Å². The largest absolute Gasteiger partial charge is 0.493 e. The van der Waals surface area contributed by atoms with Gasteiger partial charge in [0, 0.05) is 18.4 Å². The van der Waals surface area contributed by atoms with Crippen molar-refractivity contribution in [1.82, 2.24) is 5.32 Å². The van der Waals surface area contributed by atoms with E-state index < -0.39 is 12.6 Å². The fraction of sp³-hybridized carbons (Fsp3) is 0.571. The molecule has 0 bridgehead atoms. The number of halogens is 3. The molecule has 0 saturated carbocycles. The predicted octanol–water partition coefficient (Wildman–Crippen LogP) is 3.48. The molecular weight excluding hydrogens is 255 g/mol. The van der Waals surface area contributed by atoms with Crippen molar-refractivity contribution >= 4 is 0 Å². The second-order valence-electron chi connectivity index (χ2n) is 4.83. The van der Waals surface area contributed by atoms with E-state index in [1.54, 1.807) is 7.05 Å². The second kappa shape index (κ2) is 5.82. The minimum atomic E-state index is -4.10. The lowest BCUT2D eigenvalue weighted by Gasteiger charge is -2.32. The van der Waals surface area contributed by atoms with E-state index in [9.17, 15) is 13.2 Å². The Labute approximate surface area is 111 Å². The van der Waals surface area contributed by atoms with Gasteiger partial charge in [-0.15, -0.1) is 0 Å². The summed E-state index contributed by atoms with van der Waals surface area (Å²) in [5.74, 6) is 0.878. The standard InChI is InChI=1S/C14H18F3NO/c1-18-12(6-8-14(15,16)17)10-7-9-19-13-5-3-2-4-11(10)13/h2-5,10,12,18H,6-9H2,1H3. The van der Waals surface area contributed by atoms with Gasteiger partial charge in [0.1, 0.15) is 5.75 Å². The first kappa shape index (κ1) is 14.2. The van der Waals surface area contributed by atoms with Crippen molar-refractivity contribution in [1.29, 1.82) is 0 Å². The fourth-order valence-corrected chi connectivity index (χ4v) is 2.65. The molecule has 0 aromatic heterocycles. The number of alkyl halides is 3. The van der Waals surface area contributed by atoms with E-state index in [-0.39, 0.29) is 18.4 Å². The molecule has 1 aromatic rings. The van der Waals surface area contributed by atoms with Crippen LogP contribution < -0.4 is 10.1 Å². The first-order valence-electron chi connectivity index (χ1n) is 6.47. The Kier molecular flexibility index (Phi) is 4.34. The number of ether oxygens (including phenoxy) is 1. The number of fused-ring (bicyclic) bond motifs is 1. The number of hydrogen-bond donors (Lipinski definition) is 1. The molecule has 2 unspecified atom stereocenters. The molecule has 1 aliphatic rings. The van der Waals surface area contributed by atoms with Crippen LogP contribution in [-0.2, 0) is 0 Å². The normalized spacial score (nSPS) is 20.5. The van der Waals surface area contributed by atoms with E-state index >= 15 is 0 Å². The Hall–Kier alpha value is -1.23. The highest BCUT2D eigenvalue weighted by Gasteiger charge is 2.33. The maximum Gasteiger partial charge on any atom is 0.389 e. The van der Waals surface area contributed by atoms with Crippen molar-refractivity contribution in [3.05, 3.63) is 29.8 Å². The number of rotatable bonds is 4.